The third-order valence-corrected chi connectivity index (χ3v) is 5.45. The monoisotopic (exact) mass is 391 g/mol. The normalized spacial score (nSPS) is 17.5. The number of hydrogen-bond acceptors (Lipinski definition) is 5. The van der Waals surface area contributed by atoms with Crippen molar-refractivity contribution in [3.8, 4) is 0 Å². The van der Waals surface area contributed by atoms with Gasteiger partial charge in [0.15, 0.2) is 0 Å². The predicted octanol–water partition coefficient (Wildman–Crippen LogP) is 2.52. The van der Waals surface area contributed by atoms with Gasteiger partial charge in [-0.15, -0.1) is 0 Å². The first-order chi connectivity index (χ1) is 12.3. The highest BCUT2D eigenvalue weighted by Gasteiger charge is 2.43. The molecule has 4 rings (SSSR count). The Hall–Kier alpha value is -1.21. The van der Waals surface area contributed by atoms with Crippen molar-refractivity contribution in [1.82, 2.24) is 0 Å². The van der Waals surface area contributed by atoms with Crippen LogP contribution in [0.15, 0.2) is 24.3 Å². The summed E-state index contributed by atoms with van der Waals surface area (Å²) in [5.74, 6) is 0. The molecule has 0 aliphatic carbocycles. The number of nitrogens with one attached hydrogen (secondary N) is 1. The van der Waals surface area contributed by atoms with E-state index in [0.717, 1.165) is 22.2 Å². The van der Waals surface area contributed by atoms with E-state index in [1.165, 1.54) is 0 Å². The molecule has 0 aromatic heterocycles. The molecular formula is C17H17B2Cl2NO4. The summed E-state index contributed by atoms with van der Waals surface area (Å²) < 4.78 is 17.0. The highest BCUT2D eigenvalue weighted by atomic mass is 35.5. The summed E-state index contributed by atoms with van der Waals surface area (Å²) in [4.78, 5) is 0. The molecule has 2 aliphatic heterocycles. The van der Waals surface area contributed by atoms with Gasteiger partial charge in [-0.3, -0.25) is 10.2 Å². The molecule has 2 aromatic carbocycles. The van der Waals surface area contributed by atoms with Gasteiger partial charge in [-0.1, -0.05) is 29.3 Å². The summed E-state index contributed by atoms with van der Waals surface area (Å²) in [6.07, 6.45) is 0. The standard InChI is InChI=1S/C17H17B2Cl2NO4/c1-9-6-11(20)7-10-8-24-19(14(9)10)26-22-13-5-4-12-15(16(13)21)18(23)25-17(12,2)3/h4-7,22-23H,8H2,1-3H3. The molecular weight excluding hydrogens is 375 g/mol. The molecule has 0 spiro atoms. The van der Waals surface area contributed by atoms with Gasteiger partial charge in [0, 0.05) is 10.5 Å². The highest BCUT2D eigenvalue weighted by Crippen LogP contribution is 2.35. The van der Waals surface area contributed by atoms with Crippen molar-refractivity contribution in [3.05, 3.63) is 51.0 Å². The molecule has 0 saturated heterocycles. The second-order valence-corrected chi connectivity index (χ2v) is 7.84. The van der Waals surface area contributed by atoms with Gasteiger partial charge in [0.25, 0.3) is 0 Å². The average Bonchev–Trinajstić information content (AvgIpc) is 3.05. The quantitative estimate of drug-likeness (QED) is 0.622. The van der Waals surface area contributed by atoms with Gasteiger partial charge in [-0.2, -0.15) is 0 Å². The number of aryl methyl sites for hydroxylation is 1. The molecule has 0 atom stereocenters. The SMILES string of the molecule is Cc1cc(Cl)cc2c1B(ONc1ccc3c(c1Cl)B(O)OC3(C)C)OC2. The number of benzene rings is 2. The number of fused-ring (bicyclic) bond motifs is 2. The molecule has 0 saturated carbocycles. The Morgan fingerprint density at radius 2 is 2.00 bits per heavy atom. The Kier molecular flexibility index (Phi) is 4.50. The first kappa shape index (κ1) is 18.2. The van der Waals surface area contributed by atoms with Crippen LogP contribution in [0.3, 0.4) is 0 Å². The molecule has 134 valence electrons. The Morgan fingerprint density at radius 1 is 1.23 bits per heavy atom. The van der Waals surface area contributed by atoms with Crippen LogP contribution >= 0.6 is 23.2 Å². The van der Waals surface area contributed by atoms with Gasteiger partial charge < -0.3 is 14.3 Å². The van der Waals surface area contributed by atoms with Crippen LogP contribution in [0, 0.1) is 6.92 Å². The lowest BCUT2D eigenvalue weighted by Crippen LogP contribution is -2.36. The summed E-state index contributed by atoms with van der Waals surface area (Å²) in [5.41, 5.74) is 7.18. The summed E-state index contributed by atoms with van der Waals surface area (Å²) in [7, 11) is -1.63. The summed E-state index contributed by atoms with van der Waals surface area (Å²) in [6, 6.07) is 7.43. The predicted molar refractivity (Wildman–Crippen MR) is 104 cm³/mol. The van der Waals surface area contributed by atoms with Crippen LogP contribution in [0.5, 0.6) is 0 Å². The van der Waals surface area contributed by atoms with Crippen molar-refractivity contribution >= 4 is 54.1 Å². The average molecular weight is 392 g/mol. The molecule has 2 N–H and O–H groups in total. The molecule has 2 aromatic rings. The molecule has 26 heavy (non-hydrogen) atoms. The number of anilines is 1. The summed E-state index contributed by atoms with van der Waals surface area (Å²) in [5, 5.41) is 11.2. The van der Waals surface area contributed by atoms with Gasteiger partial charge in [0.05, 0.1) is 22.9 Å². The summed E-state index contributed by atoms with van der Waals surface area (Å²) in [6.45, 7) is 6.17. The molecule has 0 radical (unpaired) electrons. The van der Waals surface area contributed by atoms with Crippen molar-refractivity contribution in [2.75, 3.05) is 5.48 Å². The zero-order valence-electron chi connectivity index (χ0n) is 14.6. The third kappa shape index (κ3) is 2.93. The van der Waals surface area contributed by atoms with Gasteiger partial charge in [0.1, 0.15) is 0 Å². The highest BCUT2D eigenvalue weighted by molar-refractivity contribution is 6.66. The second-order valence-electron chi connectivity index (χ2n) is 7.03. The third-order valence-electron chi connectivity index (χ3n) is 4.82. The Balaban J connectivity index is 1.57. The largest absolute Gasteiger partial charge is 0.517 e. The smallest absolute Gasteiger partial charge is 0.423 e. The number of hydrogen-bond donors (Lipinski definition) is 2. The molecule has 0 unspecified atom stereocenters. The van der Waals surface area contributed by atoms with Gasteiger partial charge >= 0.3 is 14.2 Å². The maximum atomic E-state index is 10.2. The van der Waals surface area contributed by atoms with Crippen molar-refractivity contribution < 1.29 is 19.1 Å². The van der Waals surface area contributed by atoms with E-state index >= 15 is 0 Å². The van der Waals surface area contributed by atoms with Crippen molar-refractivity contribution in [2.24, 2.45) is 0 Å². The first-order valence-electron chi connectivity index (χ1n) is 8.29. The lowest BCUT2D eigenvalue weighted by molar-refractivity contribution is 0.101. The van der Waals surface area contributed by atoms with Crippen molar-refractivity contribution in [3.63, 3.8) is 0 Å². The lowest BCUT2D eigenvalue weighted by atomic mass is 9.76. The van der Waals surface area contributed by atoms with E-state index in [-0.39, 0.29) is 0 Å². The van der Waals surface area contributed by atoms with E-state index in [0.29, 0.717) is 27.8 Å². The maximum absolute atomic E-state index is 10.2. The topological polar surface area (TPSA) is 60.0 Å². The van der Waals surface area contributed by atoms with Crippen LogP contribution in [-0.2, 0) is 26.3 Å². The molecule has 2 aliphatic rings. The molecule has 5 nitrogen and oxygen atoms in total. The van der Waals surface area contributed by atoms with Crippen molar-refractivity contribution in [1.29, 1.82) is 0 Å². The molecule has 0 fully saturated rings. The Bertz CT molecular complexity index is 894. The number of halogens is 2. The van der Waals surface area contributed by atoms with E-state index in [4.69, 9.17) is 37.3 Å². The molecule has 0 bridgehead atoms. The van der Waals surface area contributed by atoms with Crippen LogP contribution in [0.1, 0.15) is 30.5 Å². The van der Waals surface area contributed by atoms with E-state index in [1.807, 2.05) is 39.0 Å². The minimum Gasteiger partial charge on any atom is -0.423 e. The van der Waals surface area contributed by atoms with E-state index in [9.17, 15) is 5.02 Å². The Morgan fingerprint density at radius 3 is 2.77 bits per heavy atom. The van der Waals surface area contributed by atoms with Crippen LogP contribution in [0.4, 0.5) is 5.69 Å². The lowest BCUT2D eigenvalue weighted by Gasteiger charge is -2.20. The Labute approximate surface area is 162 Å². The van der Waals surface area contributed by atoms with E-state index in [2.05, 4.69) is 5.48 Å². The fourth-order valence-electron chi connectivity index (χ4n) is 3.58. The van der Waals surface area contributed by atoms with E-state index in [1.54, 1.807) is 6.07 Å². The molecule has 2 heterocycles. The van der Waals surface area contributed by atoms with Crippen molar-refractivity contribution in [2.45, 2.75) is 33.0 Å². The summed E-state index contributed by atoms with van der Waals surface area (Å²) >= 11 is 12.6. The molecule has 9 heteroatoms. The van der Waals surface area contributed by atoms with Crippen LogP contribution in [0.25, 0.3) is 0 Å². The van der Waals surface area contributed by atoms with Gasteiger partial charge in [-0.25, -0.2) is 0 Å². The fourth-order valence-corrected chi connectivity index (χ4v) is 4.17. The van der Waals surface area contributed by atoms with Gasteiger partial charge in [0.2, 0.25) is 0 Å². The zero-order valence-corrected chi connectivity index (χ0v) is 16.1. The van der Waals surface area contributed by atoms with Gasteiger partial charge in [-0.05, 0) is 61.1 Å². The minimum atomic E-state index is -1.07. The van der Waals surface area contributed by atoms with Crippen LogP contribution < -0.4 is 16.4 Å². The van der Waals surface area contributed by atoms with E-state index < -0.39 is 19.8 Å². The number of rotatable bonds is 3. The minimum absolute atomic E-state index is 0.367. The van der Waals surface area contributed by atoms with Crippen LogP contribution in [0.2, 0.25) is 10.0 Å². The maximum Gasteiger partial charge on any atom is 0.517 e. The zero-order chi connectivity index (χ0) is 18.6. The van der Waals surface area contributed by atoms with Crippen LogP contribution in [-0.4, -0.2) is 19.3 Å². The molecule has 0 amide bonds. The first-order valence-corrected chi connectivity index (χ1v) is 9.04. The second kappa shape index (κ2) is 6.44. The fraction of sp³-hybridized carbons (Fsp3) is 0.294.